The number of hydrogen-bond acceptors (Lipinski definition) is 5. The Balaban J connectivity index is 1.57. The number of sulfonamides is 1. The van der Waals surface area contributed by atoms with E-state index in [-0.39, 0.29) is 10.9 Å². The normalized spacial score (nSPS) is 20.1. The lowest BCUT2D eigenvalue weighted by atomic mass is 9.84. The van der Waals surface area contributed by atoms with Crippen molar-refractivity contribution < 1.29 is 13.2 Å². The van der Waals surface area contributed by atoms with E-state index in [1.807, 2.05) is 0 Å². The van der Waals surface area contributed by atoms with Crippen LogP contribution in [0, 0.1) is 6.92 Å². The van der Waals surface area contributed by atoms with E-state index in [0.29, 0.717) is 5.75 Å². The highest BCUT2D eigenvalue weighted by atomic mass is 32.2. The molecule has 1 aliphatic carbocycles. The number of nitrogens with zero attached hydrogens (tertiary/aromatic N) is 2. The third-order valence-electron chi connectivity index (χ3n) is 6.35. The minimum Gasteiger partial charge on any atom is -0.497 e. The maximum Gasteiger partial charge on any atom is 0.240 e. The van der Waals surface area contributed by atoms with Gasteiger partial charge in [-0.3, -0.25) is 0 Å². The van der Waals surface area contributed by atoms with Crippen LogP contribution >= 0.6 is 0 Å². The number of fused-ring (bicyclic) bond motifs is 1. The number of ether oxygens (including phenoxy) is 1. The molecule has 1 aliphatic heterocycles. The van der Waals surface area contributed by atoms with Crippen LogP contribution in [0.15, 0.2) is 41.3 Å². The Morgan fingerprint density at radius 1 is 1.07 bits per heavy atom. The molecule has 2 aromatic rings. The molecule has 1 saturated heterocycles. The van der Waals surface area contributed by atoms with Gasteiger partial charge in [0.25, 0.3) is 0 Å². The van der Waals surface area contributed by atoms with Crippen molar-refractivity contribution >= 4 is 15.7 Å². The summed E-state index contributed by atoms with van der Waals surface area (Å²) in [4.78, 5) is 5.05. The zero-order valence-corrected chi connectivity index (χ0v) is 18.8. The van der Waals surface area contributed by atoms with Crippen LogP contribution in [0.25, 0.3) is 0 Å². The first-order valence-electron chi connectivity index (χ1n) is 10.6. The van der Waals surface area contributed by atoms with Gasteiger partial charge >= 0.3 is 0 Å². The molecule has 0 aromatic heterocycles. The van der Waals surface area contributed by atoms with E-state index >= 15 is 0 Å². The van der Waals surface area contributed by atoms with Gasteiger partial charge in [0.15, 0.2) is 0 Å². The highest BCUT2D eigenvalue weighted by Crippen LogP contribution is 2.34. The number of benzene rings is 2. The standard InChI is InChI=1S/C23H31N3O3S/c1-17-7-10-23(26-13-11-25(2)12-14-26)22-15-18(8-9-21(17)22)24-30(27,28)20-6-4-5-19(16-20)29-3/h4-7,10,16,18,24H,8-9,11-15H2,1-3H3/t18-/m1/s1. The Kier molecular flexibility index (Phi) is 6.04. The minimum absolute atomic E-state index is 0.110. The lowest BCUT2D eigenvalue weighted by molar-refractivity contribution is 0.312. The largest absolute Gasteiger partial charge is 0.497 e. The average Bonchev–Trinajstić information content (AvgIpc) is 2.74. The molecule has 1 fully saturated rings. The number of piperazine rings is 1. The van der Waals surface area contributed by atoms with Gasteiger partial charge in [-0.2, -0.15) is 0 Å². The summed E-state index contributed by atoms with van der Waals surface area (Å²) < 4.78 is 34.1. The van der Waals surface area contributed by atoms with Crippen LogP contribution in [0.1, 0.15) is 23.1 Å². The van der Waals surface area contributed by atoms with Gasteiger partial charge in [0.1, 0.15) is 5.75 Å². The first-order valence-corrected chi connectivity index (χ1v) is 12.1. The van der Waals surface area contributed by atoms with Crippen LogP contribution in [0.5, 0.6) is 5.75 Å². The van der Waals surface area contributed by atoms with Gasteiger partial charge < -0.3 is 14.5 Å². The molecule has 1 N–H and O–H groups in total. The van der Waals surface area contributed by atoms with Gasteiger partial charge in [-0.1, -0.05) is 12.1 Å². The highest BCUT2D eigenvalue weighted by molar-refractivity contribution is 7.89. The fraction of sp³-hybridized carbons (Fsp3) is 0.478. The number of anilines is 1. The summed E-state index contributed by atoms with van der Waals surface area (Å²) in [5.74, 6) is 0.542. The second-order valence-electron chi connectivity index (χ2n) is 8.39. The van der Waals surface area contributed by atoms with Crippen LogP contribution in [0.3, 0.4) is 0 Å². The van der Waals surface area contributed by atoms with Crippen LogP contribution in [0.2, 0.25) is 0 Å². The number of nitrogens with one attached hydrogen (secondary N) is 1. The zero-order valence-electron chi connectivity index (χ0n) is 18.0. The Morgan fingerprint density at radius 3 is 2.57 bits per heavy atom. The third kappa shape index (κ3) is 4.33. The maximum atomic E-state index is 13.0. The van der Waals surface area contributed by atoms with E-state index in [1.165, 1.54) is 22.4 Å². The molecule has 0 unspecified atom stereocenters. The molecule has 6 nitrogen and oxygen atoms in total. The number of hydrogen-bond donors (Lipinski definition) is 1. The molecule has 0 bridgehead atoms. The summed E-state index contributed by atoms with van der Waals surface area (Å²) in [6, 6.07) is 11.0. The van der Waals surface area contributed by atoms with Crippen LogP contribution in [0.4, 0.5) is 5.69 Å². The van der Waals surface area contributed by atoms with Gasteiger partial charge in [-0.05, 0) is 68.1 Å². The van der Waals surface area contributed by atoms with Crippen molar-refractivity contribution in [2.75, 3.05) is 45.2 Å². The number of methoxy groups -OCH3 is 1. The maximum absolute atomic E-state index is 13.0. The van der Waals surface area contributed by atoms with Gasteiger partial charge in [0.2, 0.25) is 10.0 Å². The molecule has 0 spiro atoms. The van der Waals surface area contributed by atoms with E-state index in [9.17, 15) is 8.42 Å². The van der Waals surface area contributed by atoms with Crippen molar-refractivity contribution in [3.63, 3.8) is 0 Å². The second-order valence-corrected chi connectivity index (χ2v) is 10.1. The molecule has 0 saturated carbocycles. The number of aryl methyl sites for hydroxylation is 1. The lowest BCUT2D eigenvalue weighted by Crippen LogP contribution is -2.45. The predicted octanol–water partition coefficient (Wildman–Crippen LogP) is 2.59. The van der Waals surface area contributed by atoms with Crippen molar-refractivity contribution in [1.29, 1.82) is 0 Å². The minimum atomic E-state index is -3.60. The van der Waals surface area contributed by atoms with Gasteiger partial charge in [-0.15, -0.1) is 0 Å². The summed E-state index contributed by atoms with van der Waals surface area (Å²) in [6.45, 7) is 6.27. The molecule has 7 heteroatoms. The van der Waals surface area contributed by atoms with Crippen LogP contribution in [-0.4, -0.2) is 59.7 Å². The zero-order chi connectivity index (χ0) is 21.3. The summed E-state index contributed by atoms with van der Waals surface area (Å²) in [7, 11) is 0.0988. The van der Waals surface area contributed by atoms with Gasteiger partial charge in [-0.25, -0.2) is 13.1 Å². The highest BCUT2D eigenvalue weighted by Gasteiger charge is 2.28. The molecule has 0 radical (unpaired) electrons. The Bertz CT molecular complexity index is 1010. The lowest BCUT2D eigenvalue weighted by Gasteiger charge is -2.37. The fourth-order valence-corrected chi connectivity index (χ4v) is 5.85. The van der Waals surface area contributed by atoms with Crippen molar-refractivity contribution in [1.82, 2.24) is 9.62 Å². The first-order chi connectivity index (χ1) is 14.4. The molecule has 30 heavy (non-hydrogen) atoms. The second kappa shape index (κ2) is 8.57. The van der Waals surface area contributed by atoms with Crippen LogP contribution in [-0.2, 0) is 22.9 Å². The summed E-state index contributed by atoms with van der Waals surface area (Å²) in [5, 5.41) is 0. The molecular formula is C23H31N3O3S. The van der Waals surface area contributed by atoms with E-state index in [4.69, 9.17) is 4.74 Å². The predicted molar refractivity (Wildman–Crippen MR) is 120 cm³/mol. The molecule has 0 amide bonds. The summed E-state index contributed by atoms with van der Waals surface area (Å²) >= 11 is 0. The van der Waals surface area contributed by atoms with Crippen LogP contribution < -0.4 is 14.4 Å². The summed E-state index contributed by atoms with van der Waals surface area (Å²) in [6.07, 6.45) is 2.43. The van der Waals surface area contributed by atoms with Gasteiger partial charge in [0.05, 0.1) is 12.0 Å². The molecule has 4 rings (SSSR count). The Labute approximate surface area is 179 Å². The number of rotatable bonds is 5. The monoisotopic (exact) mass is 429 g/mol. The Morgan fingerprint density at radius 2 is 1.83 bits per heavy atom. The average molecular weight is 430 g/mol. The molecule has 1 atom stereocenters. The number of likely N-dealkylation sites (N-methyl/N-ethyl adjacent to an activating group) is 1. The van der Waals surface area contributed by atoms with Crippen molar-refractivity contribution in [3.05, 3.63) is 53.1 Å². The smallest absolute Gasteiger partial charge is 0.240 e. The van der Waals surface area contributed by atoms with E-state index < -0.39 is 10.0 Å². The quantitative estimate of drug-likeness (QED) is 0.792. The van der Waals surface area contributed by atoms with Crippen molar-refractivity contribution in [3.8, 4) is 5.75 Å². The van der Waals surface area contributed by atoms with E-state index in [2.05, 4.69) is 40.6 Å². The molecule has 2 aliphatic rings. The van der Waals surface area contributed by atoms with Crippen molar-refractivity contribution in [2.45, 2.75) is 37.1 Å². The van der Waals surface area contributed by atoms with E-state index in [0.717, 1.165) is 45.4 Å². The fourth-order valence-electron chi connectivity index (χ4n) is 4.54. The van der Waals surface area contributed by atoms with Crippen molar-refractivity contribution in [2.24, 2.45) is 0 Å². The topological polar surface area (TPSA) is 61.9 Å². The third-order valence-corrected chi connectivity index (χ3v) is 7.87. The SMILES string of the molecule is COc1cccc(S(=O)(=O)N[C@@H]2CCc3c(C)ccc(N4CCN(C)CC4)c3C2)c1. The summed E-state index contributed by atoms with van der Waals surface area (Å²) in [5.41, 5.74) is 5.28. The Hall–Kier alpha value is -2.09. The first kappa shape index (κ1) is 21.2. The molecule has 162 valence electrons. The van der Waals surface area contributed by atoms with Gasteiger partial charge in [0, 0.05) is 44.0 Å². The molecule has 2 aromatic carbocycles. The molecular weight excluding hydrogens is 398 g/mol. The van der Waals surface area contributed by atoms with E-state index in [1.54, 1.807) is 31.4 Å². The molecule has 1 heterocycles.